The lowest BCUT2D eigenvalue weighted by Crippen LogP contribution is -2.21. The number of hydrogen-bond acceptors (Lipinski definition) is 3. The van der Waals surface area contributed by atoms with Gasteiger partial charge in [0.2, 0.25) is 0 Å². The van der Waals surface area contributed by atoms with Gasteiger partial charge in [-0.25, -0.2) is 4.79 Å². The van der Waals surface area contributed by atoms with Gasteiger partial charge in [0.1, 0.15) is 5.75 Å². The minimum Gasteiger partial charge on any atom is -0.507 e. The van der Waals surface area contributed by atoms with Gasteiger partial charge in [-0.15, -0.1) is 0 Å². The van der Waals surface area contributed by atoms with Gasteiger partial charge in [-0.1, -0.05) is 98.1 Å². The first-order valence-corrected chi connectivity index (χ1v) is 11.1. The van der Waals surface area contributed by atoms with Crippen molar-refractivity contribution in [2.24, 2.45) is 0 Å². The number of carbonyl (C=O) groups is 1. The van der Waals surface area contributed by atoms with Crippen LogP contribution in [0.25, 0.3) is 11.1 Å². The predicted molar refractivity (Wildman–Crippen MR) is 125 cm³/mol. The molecule has 0 radical (unpaired) electrons. The summed E-state index contributed by atoms with van der Waals surface area (Å²) >= 11 is 0. The molecule has 0 atom stereocenters. The Bertz CT molecular complexity index is 852. The molecule has 1 N–H and O–H groups in total. The molecule has 0 aromatic heterocycles. The molecular formula is C27H38O3. The average molecular weight is 411 g/mol. The second kappa shape index (κ2) is 9.68. The van der Waals surface area contributed by atoms with E-state index in [-0.39, 0.29) is 22.5 Å². The lowest BCUT2D eigenvalue weighted by molar-refractivity contribution is 0.0498. The molecule has 0 aliphatic heterocycles. The fraction of sp³-hybridized carbons (Fsp3) is 0.519. The Kier molecular flexibility index (Phi) is 7.74. The Morgan fingerprint density at radius 3 is 2.10 bits per heavy atom. The van der Waals surface area contributed by atoms with E-state index in [4.69, 9.17) is 4.74 Å². The van der Waals surface area contributed by atoms with Crippen molar-refractivity contribution in [3.8, 4) is 16.9 Å². The Labute approximate surface area is 182 Å². The summed E-state index contributed by atoms with van der Waals surface area (Å²) in [6.45, 7) is 15.0. The maximum absolute atomic E-state index is 13.2. The first-order valence-electron chi connectivity index (χ1n) is 11.1. The second-order valence-electron chi connectivity index (χ2n) is 10.1. The van der Waals surface area contributed by atoms with Crippen molar-refractivity contribution in [2.45, 2.75) is 85.0 Å². The summed E-state index contributed by atoms with van der Waals surface area (Å²) in [6.07, 6.45) is 4.23. The quantitative estimate of drug-likeness (QED) is 0.382. The third-order valence-electron chi connectivity index (χ3n) is 5.37. The van der Waals surface area contributed by atoms with Gasteiger partial charge in [0, 0.05) is 16.7 Å². The second-order valence-corrected chi connectivity index (χ2v) is 10.1. The summed E-state index contributed by atoms with van der Waals surface area (Å²) in [4.78, 5) is 13.2. The van der Waals surface area contributed by atoms with Crippen LogP contribution in [-0.4, -0.2) is 17.7 Å². The van der Waals surface area contributed by atoms with E-state index in [1.54, 1.807) is 0 Å². The highest BCUT2D eigenvalue weighted by atomic mass is 16.5. The van der Waals surface area contributed by atoms with Crippen LogP contribution >= 0.6 is 0 Å². The maximum Gasteiger partial charge on any atom is 0.338 e. The Hall–Kier alpha value is -2.29. The van der Waals surface area contributed by atoms with Crippen LogP contribution < -0.4 is 0 Å². The number of esters is 1. The van der Waals surface area contributed by atoms with Gasteiger partial charge < -0.3 is 9.84 Å². The van der Waals surface area contributed by atoms with Crippen LogP contribution in [0.15, 0.2) is 36.4 Å². The minimum atomic E-state index is -0.354. The van der Waals surface area contributed by atoms with E-state index in [2.05, 4.69) is 48.5 Å². The number of benzene rings is 2. The van der Waals surface area contributed by atoms with Crippen molar-refractivity contribution in [3.63, 3.8) is 0 Å². The van der Waals surface area contributed by atoms with E-state index in [9.17, 15) is 9.90 Å². The number of ether oxygens (including phenoxy) is 1. The molecular weight excluding hydrogens is 372 g/mol. The zero-order chi connectivity index (χ0) is 22.5. The standard InChI is InChI=1S/C27H38O3/c1-8-9-10-14-17-30-25(29)20-18-21(26(2,3)4)24(28)23(27(5,6)7)22(20)19-15-12-11-13-16-19/h11-13,15-16,18,28H,8-10,14,17H2,1-7H3. The number of rotatable bonds is 7. The van der Waals surface area contributed by atoms with Crippen LogP contribution in [0.1, 0.15) is 95.6 Å². The molecule has 30 heavy (non-hydrogen) atoms. The Balaban J connectivity index is 2.67. The van der Waals surface area contributed by atoms with Crippen LogP contribution in [0.4, 0.5) is 0 Å². The van der Waals surface area contributed by atoms with Gasteiger partial charge in [-0.05, 0) is 28.9 Å². The van der Waals surface area contributed by atoms with E-state index in [0.29, 0.717) is 12.2 Å². The van der Waals surface area contributed by atoms with Crippen molar-refractivity contribution in [2.75, 3.05) is 6.61 Å². The van der Waals surface area contributed by atoms with Crippen LogP contribution in [-0.2, 0) is 15.6 Å². The molecule has 0 aliphatic rings. The number of phenolic OH excluding ortho intramolecular Hbond substituents is 1. The number of aromatic hydroxyl groups is 1. The molecule has 2 aromatic rings. The normalized spacial score (nSPS) is 12.1. The molecule has 0 saturated carbocycles. The van der Waals surface area contributed by atoms with Crippen molar-refractivity contribution in [1.82, 2.24) is 0 Å². The Morgan fingerprint density at radius 1 is 0.933 bits per heavy atom. The molecule has 3 heteroatoms. The topological polar surface area (TPSA) is 46.5 Å². The van der Waals surface area contributed by atoms with Crippen molar-refractivity contribution >= 4 is 5.97 Å². The molecule has 0 aliphatic carbocycles. The molecule has 0 bridgehead atoms. The molecule has 2 rings (SSSR count). The number of hydrogen-bond donors (Lipinski definition) is 1. The monoisotopic (exact) mass is 410 g/mol. The minimum absolute atomic E-state index is 0.272. The van der Waals surface area contributed by atoms with Crippen LogP contribution in [0, 0.1) is 0 Å². The molecule has 0 unspecified atom stereocenters. The van der Waals surface area contributed by atoms with Gasteiger partial charge in [0.15, 0.2) is 0 Å². The summed E-state index contributed by atoms with van der Waals surface area (Å²) in [7, 11) is 0. The smallest absolute Gasteiger partial charge is 0.338 e. The highest BCUT2D eigenvalue weighted by molar-refractivity contribution is 6.00. The molecule has 0 saturated heterocycles. The van der Waals surface area contributed by atoms with E-state index in [0.717, 1.165) is 47.9 Å². The number of phenols is 1. The molecule has 0 heterocycles. The fourth-order valence-corrected chi connectivity index (χ4v) is 3.81. The third kappa shape index (κ3) is 5.65. The van der Waals surface area contributed by atoms with Crippen molar-refractivity contribution in [1.29, 1.82) is 0 Å². The van der Waals surface area contributed by atoms with E-state index >= 15 is 0 Å². The first-order chi connectivity index (χ1) is 14.0. The Morgan fingerprint density at radius 2 is 1.57 bits per heavy atom. The maximum atomic E-state index is 13.2. The zero-order valence-electron chi connectivity index (χ0n) is 19.8. The summed E-state index contributed by atoms with van der Waals surface area (Å²) < 4.78 is 5.69. The molecule has 0 amide bonds. The molecule has 0 spiro atoms. The summed E-state index contributed by atoms with van der Waals surface area (Å²) in [5.74, 6) is -0.0466. The average Bonchev–Trinajstić information content (AvgIpc) is 2.66. The van der Waals surface area contributed by atoms with Gasteiger partial charge in [0.25, 0.3) is 0 Å². The number of unbranched alkanes of at least 4 members (excludes halogenated alkanes) is 3. The van der Waals surface area contributed by atoms with Gasteiger partial charge in [-0.3, -0.25) is 0 Å². The van der Waals surface area contributed by atoms with Crippen LogP contribution in [0.5, 0.6) is 5.75 Å². The number of carbonyl (C=O) groups excluding carboxylic acids is 1. The van der Waals surface area contributed by atoms with E-state index in [1.807, 2.05) is 36.4 Å². The highest BCUT2D eigenvalue weighted by Crippen LogP contribution is 2.46. The lowest BCUT2D eigenvalue weighted by atomic mass is 9.74. The van der Waals surface area contributed by atoms with Crippen LogP contribution in [0.2, 0.25) is 0 Å². The molecule has 2 aromatic carbocycles. The molecule has 3 nitrogen and oxygen atoms in total. The summed E-state index contributed by atoms with van der Waals surface area (Å²) in [5.41, 5.74) is 3.11. The SMILES string of the molecule is CCCCCCOC(=O)c1cc(C(C)(C)C)c(O)c(C(C)(C)C)c1-c1ccccc1. The predicted octanol–water partition coefficient (Wildman–Crippen LogP) is 7.39. The summed E-state index contributed by atoms with van der Waals surface area (Å²) in [5, 5.41) is 11.3. The zero-order valence-corrected chi connectivity index (χ0v) is 19.8. The van der Waals surface area contributed by atoms with E-state index < -0.39 is 0 Å². The largest absolute Gasteiger partial charge is 0.507 e. The van der Waals surface area contributed by atoms with Gasteiger partial charge in [-0.2, -0.15) is 0 Å². The first kappa shape index (κ1) is 24.0. The van der Waals surface area contributed by atoms with Crippen molar-refractivity contribution in [3.05, 3.63) is 53.1 Å². The lowest BCUT2D eigenvalue weighted by Gasteiger charge is -2.31. The highest BCUT2D eigenvalue weighted by Gasteiger charge is 2.33. The van der Waals surface area contributed by atoms with Gasteiger partial charge in [0.05, 0.1) is 12.2 Å². The molecule has 0 fully saturated rings. The van der Waals surface area contributed by atoms with Crippen molar-refractivity contribution < 1.29 is 14.6 Å². The van der Waals surface area contributed by atoms with Gasteiger partial charge >= 0.3 is 5.97 Å². The van der Waals surface area contributed by atoms with E-state index in [1.165, 1.54) is 0 Å². The van der Waals surface area contributed by atoms with Crippen LogP contribution in [0.3, 0.4) is 0 Å². The molecule has 164 valence electrons. The summed E-state index contributed by atoms with van der Waals surface area (Å²) in [6, 6.07) is 11.7. The fourth-order valence-electron chi connectivity index (χ4n) is 3.81. The third-order valence-corrected chi connectivity index (χ3v) is 5.37.